The standard InChI is InChI=1S/C17H25NO4/c1-17(2)21-15-13(11-19-3)18-9-14(16(15)22-17)20-10-12-7-5-4-6-8-12/h4-8,13-16,18H,9-11H2,1-3H3/t13-,14+,15-,16-/m1/s1. The molecule has 1 aromatic rings. The van der Waals surface area contributed by atoms with Crippen LogP contribution in [0.4, 0.5) is 0 Å². The van der Waals surface area contributed by atoms with Gasteiger partial charge in [0.25, 0.3) is 0 Å². The van der Waals surface area contributed by atoms with Gasteiger partial charge < -0.3 is 24.3 Å². The quantitative estimate of drug-likeness (QED) is 0.897. The lowest BCUT2D eigenvalue weighted by molar-refractivity contribution is -0.158. The average molecular weight is 307 g/mol. The Balaban J connectivity index is 1.65. The number of piperidine rings is 1. The highest BCUT2D eigenvalue weighted by molar-refractivity contribution is 5.13. The fraction of sp³-hybridized carbons (Fsp3) is 0.647. The molecule has 3 rings (SSSR count). The monoisotopic (exact) mass is 307 g/mol. The van der Waals surface area contributed by atoms with Crippen LogP contribution in [-0.2, 0) is 25.6 Å². The van der Waals surface area contributed by atoms with Crippen LogP contribution in [0.25, 0.3) is 0 Å². The minimum Gasteiger partial charge on any atom is -0.383 e. The topological polar surface area (TPSA) is 49.0 Å². The number of fused-ring (bicyclic) bond motifs is 1. The van der Waals surface area contributed by atoms with E-state index in [2.05, 4.69) is 17.4 Å². The van der Waals surface area contributed by atoms with E-state index in [1.54, 1.807) is 7.11 Å². The molecule has 2 fully saturated rings. The fourth-order valence-electron chi connectivity index (χ4n) is 3.18. The fourth-order valence-corrected chi connectivity index (χ4v) is 3.18. The number of benzene rings is 1. The van der Waals surface area contributed by atoms with Gasteiger partial charge in [-0.25, -0.2) is 0 Å². The number of hydrogen-bond acceptors (Lipinski definition) is 5. The van der Waals surface area contributed by atoms with Crippen LogP contribution in [0.3, 0.4) is 0 Å². The van der Waals surface area contributed by atoms with Crippen molar-refractivity contribution in [3.8, 4) is 0 Å². The highest BCUT2D eigenvalue weighted by Crippen LogP contribution is 2.35. The van der Waals surface area contributed by atoms with Crippen LogP contribution in [0.5, 0.6) is 0 Å². The Morgan fingerprint density at radius 2 is 1.91 bits per heavy atom. The summed E-state index contributed by atoms with van der Waals surface area (Å²) in [5.41, 5.74) is 1.16. The van der Waals surface area contributed by atoms with E-state index in [4.69, 9.17) is 18.9 Å². The maximum absolute atomic E-state index is 6.09. The summed E-state index contributed by atoms with van der Waals surface area (Å²) >= 11 is 0. The highest BCUT2D eigenvalue weighted by atomic mass is 16.8. The van der Waals surface area contributed by atoms with Gasteiger partial charge in [-0.2, -0.15) is 0 Å². The predicted octanol–water partition coefficient (Wildman–Crippen LogP) is 1.71. The third-order valence-corrected chi connectivity index (χ3v) is 4.16. The van der Waals surface area contributed by atoms with E-state index in [0.29, 0.717) is 13.2 Å². The van der Waals surface area contributed by atoms with Crippen molar-refractivity contribution in [3.63, 3.8) is 0 Å². The first-order valence-electron chi connectivity index (χ1n) is 7.82. The summed E-state index contributed by atoms with van der Waals surface area (Å²) in [6, 6.07) is 10.3. The summed E-state index contributed by atoms with van der Waals surface area (Å²) in [6.45, 7) is 5.81. The van der Waals surface area contributed by atoms with Crippen molar-refractivity contribution >= 4 is 0 Å². The van der Waals surface area contributed by atoms with Crippen molar-refractivity contribution in [2.75, 3.05) is 20.3 Å². The Kier molecular flexibility index (Phi) is 4.80. The van der Waals surface area contributed by atoms with Crippen LogP contribution >= 0.6 is 0 Å². The Labute approximate surface area is 131 Å². The summed E-state index contributed by atoms with van der Waals surface area (Å²) in [5.74, 6) is -0.582. The SMILES string of the molecule is COC[C@H]1NC[C@H](OCc2ccccc2)[C@H]2OC(C)(C)O[C@@H]21. The van der Waals surface area contributed by atoms with Crippen LogP contribution in [0.2, 0.25) is 0 Å². The highest BCUT2D eigenvalue weighted by Gasteiger charge is 2.51. The van der Waals surface area contributed by atoms with Gasteiger partial charge in [0.2, 0.25) is 0 Å². The van der Waals surface area contributed by atoms with Gasteiger partial charge in [-0.1, -0.05) is 30.3 Å². The Bertz CT molecular complexity index is 479. The van der Waals surface area contributed by atoms with Crippen LogP contribution in [0.1, 0.15) is 19.4 Å². The molecule has 2 aliphatic heterocycles. The van der Waals surface area contributed by atoms with Crippen molar-refractivity contribution in [2.24, 2.45) is 0 Å². The molecule has 0 aliphatic carbocycles. The molecule has 0 unspecified atom stereocenters. The first-order chi connectivity index (χ1) is 10.6. The van der Waals surface area contributed by atoms with Crippen molar-refractivity contribution in [1.29, 1.82) is 0 Å². The molecular formula is C17H25NO4. The van der Waals surface area contributed by atoms with E-state index in [-0.39, 0.29) is 24.4 Å². The molecule has 0 radical (unpaired) electrons. The molecule has 2 heterocycles. The number of ether oxygens (including phenoxy) is 4. The van der Waals surface area contributed by atoms with Gasteiger partial charge >= 0.3 is 0 Å². The van der Waals surface area contributed by atoms with Gasteiger partial charge in [0, 0.05) is 13.7 Å². The van der Waals surface area contributed by atoms with E-state index in [1.807, 2.05) is 32.0 Å². The third kappa shape index (κ3) is 3.50. The van der Waals surface area contributed by atoms with Crippen molar-refractivity contribution in [2.45, 2.75) is 50.6 Å². The number of hydrogen-bond donors (Lipinski definition) is 1. The summed E-state index contributed by atoms with van der Waals surface area (Å²) in [7, 11) is 1.70. The molecule has 2 saturated heterocycles. The third-order valence-electron chi connectivity index (χ3n) is 4.16. The molecule has 5 nitrogen and oxygen atoms in total. The molecule has 0 amide bonds. The zero-order valence-corrected chi connectivity index (χ0v) is 13.5. The molecule has 122 valence electrons. The number of nitrogens with one attached hydrogen (secondary N) is 1. The van der Waals surface area contributed by atoms with Gasteiger partial charge in [0.15, 0.2) is 5.79 Å². The van der Waals surface area contributed by atoms with Crippen LogP contribution in [0.15, 0.2) is 30.3 Å². The summed E-state index contributed by atoms with van der Waals surface area (Å²) in [6.07, 6.45) is -0.148. The lowest BCUT2D eigenvalue weighted by atomic mass is 9.96. The van der Waals surface area contributed by atoms with E-state index in [1.165, 1.54) is 0 Å². The minimum absolute atomic E-state index is 0.0277. The molecule has 2 aliphatic rings. The predicted molar refractivity (Wildman–Crippen MR) is 82.5 cm³/mol. The number of methoxy groups -OCH3 is 1. The average Bonchev–Trinajstić information content (AvgIpc) is 2.83. The smallest absolute Gasteiger partial charge is 0.163 e. The second kappa shape index (κ2) is 6.64. The molecule has 0 spiro atoms. The second-order valence-corrected chi connectivity index (χ2v) is 6.37. The van der Waals surface area contributed by atoms with Crippen molar-refractivity contribution in [1.82, 2.24) is 5.32 Å². The Hall–Kier alpha value is -0.980. The van der Waals surface area contributed by atoms with Gasteiger partial charge in [0.1, 0.15) is 12.2 Å². The molecule has 1 N–H and O–H groups in total. The van der Waals surface area contributed by atoms with Crippen molar-refractivity contribution < 1.29 is 18.9 Å². The minimum atomic E-state index is -0.582. The van der Waals surface area contributed by atoms with Gasteiger partial charge in [-0.05, 0) is 19.4 Å². The van der Waals surface area contributed by atoms with Gasteiger partial charge in [0.05, 0.1) is 25.4 Å². The van der Waals surface area contributed by atoms with Gasteiger partial charge in [-0.3, -0.25) is 0 Å². The maximum atomic E-state index is 6.09. The zero-order valence-electron chi connectivity index (χ0n) is 13.5. The second-order valence-electron chi connectivity index (χ2n) is 6.37. The van der Waals surface area contributed by atoms with E-state index in [0.717, 1.165) is 12.1 Å². The summed E-state index contributed by atoms with van der Waals surface area (Å²) in [5, 5.41) is 3.46. The lowest BCUT2D eigenvalue weighted by Crippen LogP contribution is -2.60. The molecule has 22 heavy (non-hydrogen) atoms. The van der Waals surface area contributed by atoms with Crippen LogP contribution < -0.4 is 5.32 Å². The van der Waals surface area contributed by atoms with Crippen LogP contribution in [0, 0.1) is 0 Å². The molecule has 5 heteroatoms. The zero-order chi connectivity index (χ0) is 15.6. The molecule has 4 atom stereocenters. The number of rotatable bonds is 5. The Morgan fingerprint density at radius 1 is 1.18 bits per heavy atom. The molecule has 0 bridgehead atoms. The van der Waals surface area contributed by atoms with E-state index < -0.39 is 5.79 Å². The lowest BCUT2D eigenvalue weighted by Gasteiger charge is -2.37. The van der Waals surface area contributed by atoms with Gasteiger partial charge in [-0.15, -0.1) is 0 Å². The van der Waals surface area contributed by atoms with Crippen LogP contribution in [-0.4, -0.2) is 50.4 Å². The Morgan fingerprint density at radius 3 is 2.64 bits per heavy atom. The van der Waals surface area contributed by atoms with Crippen molar-refractivity contribution in [3.05, 3.63) is 35.9 Å². The first kappa shape index (κ1) is 15.9. The maximum Gasteiger partial charge on any atom is 0.163 e. The van der Waals surface area contributed by atoms with E-state index >= 15 is 0 Å². The molecular weight excluding hydrogens is 282 g/mol. The molecule has 0 saturated carbocycles. The summed E-state index contributed by atoms with van der Waals surface area (Å²) < 4.78 is 23.5. The molecule has 1 aromatic carbocycles. The first-order valence-corrected chi connectivity index (χ1v) is 7.82. The summed E-state index contributed by atoms with van der Waals surface area (Å²) in [4.78, 5) is 0. The molecule has 0 aromatic heterocycles. The largest absolute Gasteiger partial charge is 0.383 e. The van der Waals surface area contributed by atoms with E-state index in [9.17, 15) is 0 Å². The normalized spacial score (nSPS) is 33.6.